The minimum absolute atomic E-state index is 0.731. The Bertz CT molecular complexity index is 629. The van der Waals surface area contributed by atoms with Crippen LogP contribution in [0.15, 0.2) is 30.6 Å². The second-order valence-electron chi connectivity index (χ2n) is 4.95. The van der Waals surface area contributed by atoms with Crippen molar-refractivity contribution in [3.63, 3.8) is 0 Å². The van der Waals surface area contributed by atoms with E-state index in [1.165, 1.54) is 0 Å². The van der Waals surface area contributed by atoms with Crippen LogP contribution >= 0.6 is 11.6 Å². The van der Waals surface area contributed by atoms with Crippen molar-refractivity contribution in [2.45, 2.75) is 6.92 Å². The third-order valence-electron chi connectivity index (χ3n) is 3.44. The van der Waals surface area contributed by atoms with Gasteiger partial charge >= 0.3 is 0 Å². The molecule has 1 N–H and O–H groups in total. The van der Waals surface area contributed by atoms with Gasteiger partial charge in [0.25, 0.3) is 0 Å². The minimum atomic E-state index is 0.731. The van der Waals surface area contributed by atoms with Crippen LogP contribution in [0.1, 0.15) is 5.56 Å². The summed E-state index contributed by atoms with van der Waals surface area (Å²) in [5.74, 6) is 1.69. The van der Waals surface area contributed by atoms with Gasteiger partial charge in [0.2, 0.25) is 0 Å². The van der Waals surface area contributed by atoms with Gasteiger partial charge in [0.15, 0.2) is 0 Å². The summed E-state index contributed by atoms with van der Waals surface area (Å²) in [6.45, 7) is 5.21. The van der Waals surface area contributed by atoms with Crippen LogP contribution in [0.25, 0.3) is 0 Å². The molecule has 1 aliphatic heterocycles. The summed E-state index contributed by atoms with van der Waals surface area (Å²) in [6, 6.07) is 7.70. The lowest BCUT2D eigenvalue weighted by atomic mass is 10.2. The maximum atomic E-state index is 5.97. The molecule has 1 fully saturated rings. The molecule has 0 unspecified atom stereocenters. The van der Waals surface area contributed by atoms with Crippen molar-refractivity contribution in [2.24, 2.45) is 0 Å². The van der Waals surface area contributed by atoms with E-state index in [1.807, 2.05) is 31.2 Å². The number of hydrogen-bond acceptors (Lipinski definition) is 5. The summed E-state index contributed by atoms with van der Waals surface area (Å²) in [4.78, 5) is 10.8. The second kappa shape index (κ2) is 6.28. The zero-order valence-corrected chi connectivity index (χ0v) is 12.6. The molecule has 1 saturated heterocycles. The highest BCUT2D eigenvalue weighted by Crippen LogP contribution is 2.24. The van der Waals surface area contributed by atoms with Crippen molar-refractivity contribution in [3.05, 3.63) is 41.2 Å². The Hall–Kier alpha value is -1.85. The van der Waals surface area contributed by atoms with Gasteiger partial charge in [-0.1, -0.05) is 11.6 Å². The van der Waals surface area contributed by atoms with Crippen LogP contribution in [0, 0.1) is 6.92 Å². The van der Waals surface area contributed by atoms with Gasteiger partial charge in [0.05, 0.1) is 13.2 Å². The highest BCUT2D eigenvalue weighted by Gasteiger charge is 2.13. The second-order valence-corrected chi connectivity index (χ2v) is 5.38. The van der Waals surface area contributed by atoms with E-state index in [0.29, 0.717) is 0 Å². The van der Waals surface area contributed by atoms with Gasteiger partial charge in [-0.2, -0.15) is 0 Å². The average Bonchev–Trinajstić information content (AvgIpc) is 2.51. The van der Waals surface area contributed by atoms with Gasteiger partial charge in [-0.3, -0.25) is 0 Å². The summed E-state index contributed by atoms with van der Waals surface area (Å²) in [7, 11) is 0. The zero-order chi connectivity index (χ0) is 14.7. The van der Waals surface area contributed by atoms with Gasteiger partial charge in [-0.15, -0.1) is 0 Å². The molecular formula is C15H17ClN4O. The smallest absolute Gasteiger partial charge is 0.135 e. The molecule has 0 amide bonds. The van der Waals surface area contributed by atoms with Gasteiger partial charge in [-0.25, -0.2) is 9.97 Å². The predicted molar refractivity (Wildman–Crippen MR) is 84.5 cm³/mol. The van der Waals surface area contributed by atoms with E-state index in [4.69, 9.17) is 16.3 Å². The van der Waals surface area contributed by atoms with Crippen LogP contribution in [0.5, 0.6) is 0 Å². The SMILES string of the molecule is Cc1cc(Cl)ccc1Nc1cc(N2CCOCC2)ncn1. The molecule has 0 saturated carbocycles. The molecule has 110 valence electrons. The molecule has 2 heterocycles. The Balaban J connectivity index is 1.79. The van der Waals surface area contributed by atoms with Crippen LogP contribution in [0.4, 0.5) is 17.3 Å². The molecule has 0 atom stereocenters. The van der Waals surface area contributed by atoms with Gasteiger partial charge in [0, 0.05) is 29.9 Å². The number of rotatable bonds is 3. The fourth-order valence-corrected chi connectivity index (χ4v) is 2.51. The predicted octanol–water partition coefficient (Wildman–Crippen LogP) is 3.02. The largest absolute Gasteiger partial charge is 0.378 e. The lowest BCUT2D eigenvalue weighted by Crippen LogP contribution is -2.36. The third-order valence-corrected chi connectivity index (χ3v) is 3.67. The highest BCUT2D eigenvalue weighted by atomic mass is 35.5. The Morgan fingerprint density at radius 2 is 2.00 bits per heavy atom. The molecule has 1 aromatic carbocycles. The third kappa shape index (κ3) is 3.43. The van der Waals surface area contributed by atoms with Crippen molar-refractivity contribution in [1.29, 1.82) is 0 Å². The topological polar surface area (TPSA) is 50.3 Å². The summed E-state index contributed by atoms with van der Waals surface area (Å²) in [6.07, 6.45) is 1.58. The maximum absolute atomic E-state index is 5.97. The van der Waals surface area contributed by atoms with E-state index in [0.717, 1.165) is 54.2 Å². The number of benzene rings is 1. The van der Waals surface area contributed by atoms with Gasteiger partial charge < -0.3 is 15.0 Å². The highest BCUT2D eigenvalue weighted by molar-refractivity contribution is 6.30. The Kier molecular flexibility index (Phi) is 4.22. The lowest BCUT2D eigenvalue weighted by Gasteiger charge is -2.27. The van der Waals surface area contributed by atoms with E-state index in [-0.39, 0.29) is 0 Å². The summed E-state index contributed by atoms with van der Waals surface area (Å²) < 4.78 is 5.36. The van der Waals surface area contributed by atoms with E-state index in [2.05, 4.69) is 20.2 Å². The number of ether oxygens (including phenoxy) is 1. The summed E-state index contributed by atoms with van der Waals surface area (Å²) >= 11 is 5.97. The molecule has 6 heteroatoms. The first-order valence-corrected chi connectivity index (χ1v) is 7.28. The molecule has 1 aliphatic rings. The Morgan fingerprint density at radius 1 is 1.19 bits per heavy atom. The molecule has 0 bridgehead atoms. The van der Waals surface area contributed by atoms with E-state index >= 15 is 0 Å². The van der Waals surface area contributed by atoms with E-state index < -0.39 is 0 Å². The normalized spacial score (nSPS) is 15.0. The number of aromatic nitrogens is 2. The fourth-order valence-electron chi connectivity index (χ4n) is 2.29. The number of nitrogens with one attached hydrogen (secondary N) is 1. The maximum Gasteiger partial charge on any atom is 0.135 e. The first-order valence-electron chi connectivity index (χ1n) is 6.90. The molecule has 2 aromatic rings. The van der Waals surface area contributed by atoms with Crippen molar-refractivity contribution < 1.29 is 4.74 Å². The van der Waals surface area contributed by atoms with Crippen molar-refractivity contribution in [2.75, 3.05) is 36.5 Å². The zero-order valence-electron chi connectivity index (χ0n) is 11.8. The lowest BCUT2D eigenvalue weighted by molar-refractivity contribution is 0.122. The van der Waals surface area contributed by atoms with Gasteiger partial charge in [-0.05, 0) is 30.7 Å². The minimum Gasteiger partial charge on any atom is -0.378 e. The van der Waals surface area contributed by atoms with Crippen molar-refractivity contribution in [3.8, 4) is 0 Å². The Labute approximate surface area is 128 Å². The average molecular weight is 305 g/mol. The quantitative estimate of drug-likeness (QED) is 0.944. The standard InChI is InChI=1S/C15H17ClN4O/c1-11-8-12(16)2-3-13(11)19-14-9-15(18-10-17-14)20-4-6-21-7-5-20/h2-3,8-10H,4-7H2,1H3,(H,17,18,19). The summed E-state index contributed by atoms with van der Waals surface area (Å²) in [5.41, 5.74) is 2.07. The molecule has 21 heavy (non-hydrogen) atoms. The number of halogens is 1. The molecule has 1 aromatic heterocycles. The number of hydrogen-bond donors (Lipinski definition) is 1. The fraction of sp³-hybridized carbons (Fsp3) is 0.333. The summed E-state index contributed by atoms with van der Waals surface area (Å²) in [5, 5.41) is 4.04. The van der Waals surface area contributed by atoms with Crippen LogP contribution in [0.2, 0.25) is 5.02 Å². The molecule has 5 nitrogen and oxygen atoms in total. The van der Waals surface area contributed by atoms with Crippen molar-refractivity contribution >= 4 is 28.9 Å². The van der Waals surface area contributed by atoms with E-state index in [1.54, 1.807) is 6.33 Å². The molecule has 0 radical (unpaired) electrons. The molecule has 3 rings (SSSR count). The number of morpholine rings is 1. The molecule has 0 aliphatic carbocycles. The van der Waals surface area contributed by atoms with E-state index in [9.17, 15) is 0 Å². The van der Waals surface area contributed by atoms with Crippen LogP contribution < -0.4 is 10.2 Å². The van der Waals surface area contributed by atoms with Crippen LogP contribution in [-0.4, -0.2) is 36.3 Å². The van der Waals surface area contributed by atoms with Gasteiger partial charge in [0.1, 0.15) is 18.0 Å². The van der Waals surface area contributed by atoms with Crippen LogP contribution in [0.3, 0.4) is 0 Å². The number of aryl methyl sites for hydroxylation is 1. The Morgan fingerprint density at radius 3 is 2.76 bits per heavy atom. The number of nitrogens with zero attached hydrogens (tertiary/aromatic N) is 3. The first-order chi connectivity index (χ1) is 10.2. The van der Waals surface area contributed by atoms with Crippen molar-refractivity contribution in [1.82, 2.24) is 9.97 Å². The van der Waals surface area contributed by atoms with Crippen LogP contribution in [-0.2, 0) is 4.74 Å². The monoisotopic (exact) mass is 304 g/mol. The first kappa shape index (κ1) is 14.1. The molecule has 0 spiro atoms. The molecular weight excluding hydrogens is 288 g/mol. The number of anilines is 3.